The fraction of sp³-hybridized carbons (Fsp3) is 0.222. The first kappa shape index (κ1) is 14.1. The Kier molecular flexibility index (Phi) is 3.39. The molecule has 3 atom stereocenters. The standard InChI is InChI=1S/C18H14Cl2FN/c19-15-8-7-14-12-5-2-6-13(12)17(22-18(14)16(15)20)10-3-1-4-11(21)9-10/h1-5,7-9,12-13,17,22H,6H2/t12-,13-,17+/m1/s1. The Bertz CT molecular complexity index is 772. The number of hydrogen-bond donors (Lipinski definition) is 1. The molecule has 0 amide bonds. The van der Waals surface area contributed by atoms with Crippen molar-refractivity contribution in [3.05, 3.63) is 75.5 Å². The van der Waals surface area contributed by atoms with E-state index in [1.54, 1.807) is 12.1 Å². The van der Waals surface area contributed by atoms with Crippen LogP contribution in [0.1, 0.15) is 29.5 Å². The molecule has 0 aromatic heterocycles. The molecule has 2 aromatic carbocycles. The maximum atomic E-state index is 13.6. The van der Waals surface area contributed by atoms with E-state index in [0.29, 0.717) is 21.9 Å². The highest BCUT2D eigenvalue weighted by Gasteiger charge is 2.38. The molecule has 1 aliphatic carbocycles. The normalized spacial score (nSPS) is 25.5. The summed E-state index contributed by atoms with van der Waals surface area (Å²) in [7, 11) is 0. The molecule has 0 saturated carbocycles. The first-order chi connectivity index (χ1) is 10.6. The number of anilines is 1. The summed E-state index contributed by atoms with van der Waals surface area (Å²) in [6.45, 7) is 0. The van der Waals surface area contributed by atoms with Crippen LogP contribution in [0.2, 0.25) is 10.0 Å². The highest BCUT2D eigenvalue weighted by Crippen LogP contribution is 2.52. The summed E-state index contributed by atoms with van der Waals surface area (Å²) in [5.41, 5.74) is 2.98. The average Bonchev–Trinajstić information content (AvgIpc) is 3.00. The van der Waals surface area contributed by atoms with Crippen molar-refractivity contribution < 1.29 is 4.39 Å². The second kappa shape index (κ2) is 5.29. The summed E-state index contributed by atoms with van der Waals surface area (Å²) >= 11 is 12.6. The van der Waals surface area contributed by atoms with Gasteiger partial charge in [0.15, 0.2) is 0 Å². The fourth-order valence-electron chi connectivity index (χ4n) is 3.63. The Balaban J connectivity index is 1.84. The quantitative estimate of drug-likeness (QED) is 0.635. The van der Waals surface area contributed by atoms with Gasteiger partial charge < -0.3 is 5.32 Å². The third-order valence-electron chi connectivity index (χ3n) is 4.63. The van der Waals surface area contributed by atoms with Gasteiger partial charge in [0, 0.05) is 5.92 Å². The van der Waals surface area contributed by atoms with Gasteiger partial charge in [0.1, 0.15) is 5.82 Å². The molecule has 0 fully saturated rings. The van der Waals surface area contributed by atoms with Gasteiger partial charge in [0.05, 0.1) is 21.8 Å². The van der Waals surface area contributed by atoms with E-state index in [4.69, 9.17) is 23.2 Å². The minimum atomic E-state index is -0.218. The zero-order chi connectivity index (χ0) is 15.3. The predicted octanol–water partition coefficient (Wildman–Crippen LogP) is 5.96. The zero-order valence-corrected chi connectivity index (χ0v) is 13.2. The lowest BCUT2D eigenvalue weighted by atomic mass is 9.77. The van der Waals surface area contributed by atoms with Crippen LogP contribution >= 0.6 is 23.2 Å². The summed E-state index contributed by atoms with van der Waals surface area (Å²) in [5, 5.41) is 4.57. The van der Waals surface area contributed by atoms with Crippen LogP contribution in [0.3, 0.4) is 0 Å². The summed E-state index contributed by atoms with van der Waals surface area (Å²) < 4.78 is 13.6. The lowest BCUT2D eigenvalue weighted by Gasteiger charge is -2.38. The maximum Gasteiger partial charge on any atom is 0.123 e. The third kappa shape index (κ3) is 2.13. The van der Waals surface area contributed by atoms with E-state index in [1.807, 2.05) is 18.2 Å². The maximum absolute atomic E-state index is 13.6. The van der Waals surface area contributed by atoms with Crippen molar-refractivity contribution in [1.82, 2.24) is 0 Å². The molecule has 0 spiro atoms. The molecular formula is C18H14Cl2FN. The van der Waals surface area contributed by atoms with Crippen LogP contribution in [-0.2, 0) is 0 Å². The summed E-state index contributed by atoms with van der Waals surface area (Å²) in [6, 6.07) is 10.7. The first-order valence-electron chi connectivity index (χ1n) is 7.31. The Labute approximate surface area is 138 Å². The molecule has 0 bridgehead atoms. The highest BCUT2D eigenvalue weighted by atomic mass is 35.5. The van der Waals surface area contributed by atoms with E-state index in [-0.39, 0.29) is 11.9 Å². The van der Waals surface area contributed by atoms with Crippen molar-refractivity contribution in [2.75, 3.05) is 5.32 Å². The average molecular weight is 334 g/mol. The molecule has 1 aliphatic heterocycles. The molecule has 1 heterocycles. The van der Waals surface area contributed by atoms with Gasteiger partial charge in [-0.15, -0.1) is 0 Å². The van der Waals surface area contributed by atoms with E-state index in [2.05, 4.69) is 17.5 Å². The Hall–Kier alpha value is -1.51. The molecule has 22 heavy (non-hydrogen) atoms. The van der Waals surface area contributed by atoms with E-state index in [1.165, 1.54) is 11.6 Å². The highest BCUT2D eigenvalue weighted by molar-refractivity contribution is 6.43. The van der Waals surface area contributed by atoms with Crippen molar-refractivity contribution in [1.29, 1.82) is 0 Å². The van der Waals surface area contributed by atoms with Crippen molar-refractivity contribution in [2.24, 2.45) is 5.92 Å². The molecular weight excluding hydrogens is 320 g/mol. The number of benzene rings is 2. The van der Waals surface area contributed by atoms with Crippen LogP contribution in [0.25, 0.3) is 0 Å². The molecule has 112 valence electrons. The van der Waals surface area contributed by atoms with E-state index >= 15 is 0 Å². The van der Waals surface area contributed by atoms with E-state index in [0.717, 1.165) is 17.7 Å². The molecule has 4 heteroatoms. The van der Waals surface area contributed by atoms with Crippen LogP contribution in [-0.4, -0.2) is 0 Å². The van der Waals surface area contributed by atoms with Crippen LogP contribution in [0.15, 0.2) is 48.6 Å². The summed E-state index contributed by atoms with van der Waals surface area (Å²) in [5.74, 6) is 0.440. The molecule has 1 nitrogen and oxygen atoms in total. The molecule has 1 N–H and O–H groups in total. The second-order valence-electron chi connectivity index (χ2n) is 5.86. The lowest BCUT2D eigenvalue weighted by Crippen LogP contribution is -2.29. The van der Waals surface area contributed by atoms with Gasteiger partial charge in [-0.05, 0) is 41.7 Å². The monoisotopic (exact) mass is 333 g/mol. The number of nitrogens with one attached hydrogen (secondary N) is 1. The minimum Gasteiger partial charge on any atom is -0.376 e. The smallest absolute Gasteiger partial charge is 0.123 e. The Morgan fingerprint density at radius 2 is 2.00 bits per heavy atom. The van der Waals surface area contributed by atoms with Gasteiger partial charge in [-0.1, -0.05) is 53.6 Å². The SMILES string of the molecule is Fc1cccc([C@@H]2Nc3c(ccc(Cl)c3Cl)[C@@H]3C=CC[C@H]32)c1. The Morgan fingerprint density at radius 3 is 2.82 bits per heavy atom. The number of fused-ring (bicyclic) bond motifs is 3. The topological polar surface area (TPSA) is 12.0 Å². The van der Waals surface area contributed by atoms with Gasteiger partial charge in [-0.3, -0.25) is 0 Å². The van der Waals surface area contributed by atoms with Crippen molar-refractivity contribution in [3.63, 3.8) is 0 Å². The van der Waals surface area contributed by atoms with Gasteiger partial charge >= 0.3 is 0 Å². The number of rotatable bonds is 1. The number of halogens is 3. The van der Waals surface area contributed by atoms with E-state index < -0.39 is 0 Å². The van der Waals surface area contributed by atoms with Crippen molar-refractivity contribution >= 4 is 28.9 Å². The number of hydrogen-bond acceptors (Lipinski definition) is 1. The van der Waals surface area contributed by atoms with Gasteiger partial charge in [0.25, 0.3) is 0 Å². The van der Waals surface area contributed by atoms with Gasteiger partial charge in [0.2, 0.25) is 0 Å². The first-order valence-corrected chi connectivity index (χ1v) is 8.07. The molecule has 2 aromatic rings. The molecule has 0 radical (unpaired) electrons. The summed E-state index contributed by atoms with van der Waals surface area (Å²) in [4.78, 5) is 0. The second-order valence-corrected chi connectivity index (χ2v) is 6.64. The largest absolute Gasteiger partial charge is 0.376 e. The van der Waals surface area contributed by atoms with Gasteiger partial charge in [-0.2, -0.15) is 0 Å². The lowest BCUT2D eigenvalue weighted by molar-refractivity contribution is 0.424. The molecule has 2 aliphatic rings. The third-order valence-corrected chi connectivity index (χ3v) is 5.44. The zero-order valence-electron chi connectivity index (χ0n) is 11.7. The predicted molar refractivity (Wildman–Crippen MR) is 89.2 cm³/mol. The van der Waals surface area contributed by atoms with Crippen LogP contribution in [0.4, 0.5) is 10.1 Å². The molecule has 0 unspecified atom stereocenters. The van der Waals surface area contributed by atoms with Crippen LogP contribution in [0, 0.1) is 11.7 Å². The van der Waals surface area contributed by atoms with E-state index in [9.17, 15) is 4.39 Å². The Morgan fingerprint density at radius 1 is 1.14 bits per heavy atom. The summed E-state index contributed by atoms with van der Waals surface area (Å²) in [6.07, 6.45) is 5.39. The van der Waals surface area contributed by atoms with Crippen LogP contribution in [0.5, 0.6) is 0 Å². The molecule has 4 rings (SSSR count). The van der Waals surface area contributed by atoms with Crippen LogP contribution < -0.4 is 5.32 Å². The fourth-order valence-corrected chi connectivity index (χ4v) is 4.02. The number of allylic oxidation sites excluding steroid dienone is 2. The van der Waals surface area contributed by atoms with Crippen molar-refractivity contribution in [3.8, 4) is 0 Å². The van der Waals surface area contributed by atoms with Crippen molar-refractivity contribution in [2.45, 2.75) is 18.4 Å². The van der Waals surface area contributed by atoms with Gasteiger partial charge in [-0.25, -0.2) is 4.39 Å². The minimum absolute atomic E-state index is 0.0270. The molecule has 0 saturated heterocycles.